The fraction of sp³-hybridized carbons (Fsp3) is 0.538. The lowest BCUT2D eigenvalue weighted by molar-refractivity contribution is -0.385. The minimum absolute atomic E-state index is 0.00911. The van der Waals surface area contributed by atoms with Crippen molar-refractivity contribution in [3.8, 4) is 0 Å². The lowest BCUT2D eigenvalue weighted by atomic mass is 10.2. The van der Waals surface area contributed by atoms with Gasteiger partial charge in [-0.1, -0.05) is 0 Å². The Balaban J connectivity index is 2.02. The molecule has 0 aliphatic carbocycles. The highest BCUT2D eigenvalue weighted by molar-refractivity contribution is 5.77. The molecule has 1 aromatic rings. The van der Waals surface area contributed by atoms with Gasteiger partial charge < -0.3 is 14.5 Å². The molecule has 0 N–H and O–H groups in total. The molecule has 1 fully saturated rings. The lowest BCUT2D eigenvalue weighted by Gasteiger charge is -2.35. The molecule has 2 rings (SSSR count). The highest BCUT2D eigenvalue weighted by Crippen LogP contribution is 2.22. The Kier molecular flexibility index (Phi) is 4.69. The number of carbonyl (C=O) groups is 1. The van der Waals surface area contributed by atoms with Crippen LogP contribution in [0.2, 0.25) is 0 Å². The van der Waals surface area contributed by atoms with E-state index in [1.165, 1.54) is 19.4 Å². The Morgan fingerprint density at radius 3 is 2.62 bits per heavy atom. The van der Waals surface area contributed by atoms with E-state index in [9.17, 15) is 14.9 Å². The van der Waals surface area contributed by atoms with Crippen molar-refractivity contribution in [3.63, 3.8) is 0 Å². The number of nitro groups is 1. The molecule has 0 saturated carbocycles. The number of hydrogen-bond acceptors (Lipinski definition) is 6. The number of ether oxygens (including phenoxy) is 1. The molecule has 114 valence electrons. The van der Waals surface area contributed by atoms with E-state index < -0.39 is 4.92 Å². The van der Waals surface area contributed by atoms with Crippen LogP contribution in [0.15, 0.2) is 12.3 Å². The van der Waals surface area contributed by atoms with Gasteiger partial charge in [-0.2, -0.15) is 0 Å². The fourth-order valence-electron chi connectivity index (χ4n) is 2.37. The molecule has 0 unspecified atom stereocenters. The second kappa shape index (κ2) is 6.49. The molecule has 0 spiro atoms. The van der Waals surface area contributed by atoms with Crippen LogP contribution in [0, 0.1) is 17.0 Å². The molecule has 2 heterocycles. The fourth-order valence-corrected chi connectivity index (χ4v) is 2.37. The molecule has 1 saturated heterocycles. The van der Waals surface area contributed by atoms with Crippen LogP contribution in [0.4, 0.5) is 11.5 Å². The van der Waals surface area contributed by atoms with E-state index in [1.807, 2.05) is 4.90 Å². The summed E-state index contributed by atoms with van der Waals surface area (Å²) in [7, 11) is 1.50. The Bertz CT molecular complexity index is 541. The highest BCUT2D eigenvalue weighted by atomic mass is 16.6. The van der Waals surface area contributed by atoms with Crippen LogP contribution >= 0.6 is 0 Å². The summed E-state index contributed by atoms with van der Waals surface area (Å²) in [6.07, 6.45) is 1.27. The van der Waals surface area contributed by atoms with Gasteiger partial charge in [0, 0.05) is 39.4 Å². The van der Waals surface area contributed by atoms with Gasteiger partial charge in [-0.15, -0.1) is 0 Å². The van der Waals surface area contributed by atoms with Crippen LogP contribution in [-0.4, -0.2) is 60.6 Å². The van der Waals surface area contributed by atoms with E-state index in [0.717, 1.165) is 11.4 Å². The summed E-state index contributed by atoms with van der Waals surface area (Å²) in [6, 6.07) is 1.52. The normalized spacial score (nSPS) is 15.1. The molecule has 21 heavy (non-hydrogen) atoms. The summed E-state index contributed by atoms with van der Waals surface area (Å²) >= 11 is 0. The van der Waals surface area contributed by atoms with Gasteiger partial charge in [0.1, 0.15) is 18.6 Å². The number of nitrogens with zero attached hydrogens (tertiary/aromatic N) is 4. The Morgan fingerprint density at radius 2 is 2.10 bits per heavy atom. The SMILES string of the molecule is COCC(=O)N1CCN(c2ncc([N+](=O)[O-])cc2C)CC1. The van der Waals surface area contributed by atoms with Crippen molar-refractivity contribution >= 4 is 17.4 Å². The van der Waals surface area contributed by atoms with Crippen LogP contribution < -0.4 is 4.90 Å². The van der Waals surface area contributed by atoms with Gasteiger partial charge in [-0.3, -0.25) is 14.9 Å². The maximum atomic E-state index is 11.7. The molecular formula is C13H18N4O4. The summed E-state index contributed by atoms with van der Waals surface area (Å²) in [5.41, 5.74) is 0.756. The first-order chi connectivity index (χ1) is 10.0. The summed E-state index contributed by atoms with van der Waals surface area (Å²) in [4.78, 5) is 30.0. The minimum atomic E-state index is -0.453. The van der Waals surface area contributed by atoms with Crippen molar-refractivity contribution in [3.05, 3.63) is 27.9 Å². The van der Waals surface area contributed by atoms with E-state index >= 15 is 0 Å². The van der Waals surface area contributed by atoms with Crippen molar-refractivity contribution < 1.29 is 14.5 Å². The van der Waals surface area contributed by atoms with Crippen molar-refractivity contribution in [2.75, 3.05) is 44.8 Å². The average molecular weight is 294 g/mol. The standard InChI is InChI=1S/C13H18N4O4/c1-10-7-11(17(19)20)8-14-13(10)16-5-3-15(4-6-16)12(18)9-21-2/h7-8H,3-6,9H2,1-2H3. The van der Waals surface area contributed by atoms with Crippen LogP contribution in [-0.2, 0) is 9.53 Å². The molecule has 0 bridgehead atoms. The van der Waals surface area contributed by atoms with E-state index in [0.29, 0.717) is 26.2 Å². The van der Waals surface area contributed by atoms with Crippen LogP contribution in [0.1, 0.15) is 5.56 Å². The number of methoxy groups -OCH3 is 1. The number of aryl methyl sites for hydroxylation is 1. The molecule has 8 heteroatoms. The van der Waals surface area contributed by atoms with Gasteiger partial charge in [0.05, 0.1) is 4.92 Å². The number of pyridine rings is 1. The average Bonchev–Trinajstić information content (AvgIpc) is 2.47. The molecule has 0 aromatic carbocycles. The van der Waals surface area contributed by atoms with Crippen molar-refractivity contribution in [2.45, 2.75) is 6.92 Å². The second-order valence-electron chi connectivity index (χ2n) is 4.89. The second-order valence-corrected chi connectivity index (χ2v) is 4.89. The van der Waals surface area contributed by atoms with Gasteiger partial charge in [-0.25, -0.2) is 4.98 Å². The van der Waals surface area contributed by atoms with Crippen LogP contribution in [0.5, 0.6) is 0 Å². The zero-order valence-electron chi connectivity index (χ0n) is 12.1. The predicted molar refractivity (Wildman–Crippen MR) is 76.3 cm³/mol. The topological polar surface area (TPSA) is 88.8 Å². The van der Waals surface area contributed by atoms with Gasteiger partial charge in [0.2, 0.25) is 5.91 Å². The monoisotopic (exact) mass is 294 g/mol. The Morgan fingerprint density at radius 1 is 1.43 bits per heavy atom. The third-order valence-electron chi connectivity index (χ3n) is 3.45. The number of amides is 1. The number of aromatic nitrogens is 1. The predicted octanol–water partition coefficient (Wildman–Crippen LogP) is 0.593. The molecule has 1 aliphatic rings. The summed E-state index contributed by atoms with van der Waals surface area (Å²) in [5, 5.41) is 10.7. The number of carbonyl (C=O) groups excluding carboxylic acids is 1. The van der Waals surface area contributed by atoms with E-state index in [1.54, 1.807) is 11.8 Å². The Labute approximate surface area is 122 Å². The van der Waals surface area contributed by atoms with Gasteiger partial charge in [-0.05, 0) is 12.5 Å². The number of hydrogen-bond donors (Lipinski definition) is 0. The van der Waals surface area contributed by atoms with Gasteiger partial charge in [0.25, 0.3) is 5.69 Å². The lowest BCUT2D eigenvalue weighted by Crippen LogP contribution is -2.50. The zero-order chi connectivity index (χ0) is 15.4. The maximum Gasteiger partial charge on any atom is 0.287 e. The van der Waals surface area contributed by atoms with Crippen molar-refractivity contribution in [1.82, 2.24) is 9.88 Å². The molecular weight excluding hydrogens is 276 g/mol. The molecule has 1 aliphatic heterocycles. The first-order valence-electron chi connectivity index (χ1n) is 6.65. The van der Waals surface area contributed by atoms with Crippen LogP contribution in [0.25, 0.3) is 0 Å². The smallest absolute Gasteiger partial charge is 0.287 e. The van der Waals surface area contributed by atoms with Gasteiger partial charge >= 0.3 is 0 Å². The number of piperazine rings is 1. The van der Waals surface area contributed by atoms with Crippen LogP contribution in [0.3, 0.4) is 0 Å². The quantitative estimate of drug-likeness (QED) is 0.596. The number of rotatable bonds is 4. The largest absolute Gasteiger partial charge is 0.375 e. The van der Waals surface area contributed by atoms with E-state index in [2.05, 4.69) is 4.98 Å². The van der Waals surface area contributed by atoms with Gasteiger partial charge in [0.15, 0.2) is 0 Å². The molecule has 1 aromatic heterocycles. The Hall–Kier alpha value is -2.22. The minimum Gasteiger partial charge on any atom is -0.375 e. The summed E-state index contributed by atoms with van der Waals surface area (Å²) < 4.78 is 4.84. The third kappa shape index (κ3) is 3.46. The highest BCUT2D eigenvalue weighted by Gasteiger charge is 2.23. The number of anilines is 1. The van der Waals surface area contributed by atoms with E-state index in [-0.39, 0.29) is 18.2 Å². The first kappa shape index (κ1) is 15.2. The van der Waals surface area contributed by atoms with Crippen molar-refractivity contribution in [2.24, 2.45) is 0 Å². The zero-order valence-corrected chi connectivity index (χ0v) is 12.1. The summed E-state index contributed by atoms with van der Waals surface area (Å²) in [6.45, 7) is 4.40. The summed E-state index contributed by atoms with van der Waals surface area (Å²) in [5.74, 6) is 0.713. The first-order valence-corrected chi connectivity index (χ1v) is 6.65. The molecule has 8 nitrogen and oxygen atoms in total. The molecule has 0 radical (unpaired) electrons. The molecule has 0 atom stereocenters. The maximum absolute atomic E-state index is 11.7. The third-order valence-corrected chi connectivity index (χ3v) is 3.45. The van der Waals surface area contributed by atoms with Crippen molar-refractivity contribution in [1.29, 1.82) is 0 Å². The van der Waals surface area contributed by atoms with E-state index in [4.69, 9.17) is 4.74 Å². The molecule has 1 amide bonds.